The summed E-state index contributed by atoms with van der Waals surface area (Å²) < 4.78 is 54.3. The average Bonchev–Trinajstić information content (AvgIpc) is 2.66. The van der Waals surface area contributed by atoms with Gasteiger partial charge in [0, 0.05) is 11.8 Å². The van der Waals surface area contributed by atoms with Gasteiger partial charge in [-0.05, 0) is 67.2 Å². The standard InChI is InChI=1S/C20H17F2N3O2S2/c1-13-4-2-3-5-18(13)25-29(26,27)16-9-7-15(8-10-16)23-20(28)24-19-11-6-14(21)12-17(19)22/h2-12,25H,1H3,(H2,23,24,28). The molecule has 0 aliphatic carbocycles. The zero-order valence-corrected chi connectivity index (χ0v) is 16.9. The molecule has 150 valence electrons. The van der Waals surface area contributed by atoms with Gasteiger partial charge in [-0.3, -0.25) is 4.72 Å². The molecule has 5 nitrogen and oxygen atoms in total. The van der Waals surface area contributed by atoms with Crippen molar-refractivity contribution in [2.24, 2.45) is 0 Å². The molecule has 3 aromatic rings. The number of hydrogen-bond acceptors (Lipinski definition) is 3. The fraction of sp³-hybridized carbons (Fsp3) is 0.0500. The van der Waals surface area contributed by atoms with Crippen molar-refractivity contribution >= 4 is 44.4 Å². The lowest BCUT2D eigenvalue weighted by molar-refractivity contribution is 0.586. The third kappa shape index (κ3) is 5.27. The summed E-state index contributed by atoms with van der Waals surface area (Å²) in [7, 11) is -3.75. The Bertz CT molecular complexity index is 1150. The van der Waals surface area contributed by atoms with Crippen molar-refractivity contribution in [1.29, 1.82) is 0 Å². The number of thiocarbonyl (C=S) groups is 1. The highest BCUT2D eigenvalue weighted by Crippen LogP contribution is 2.21. The molecular formula is C20H17F2N3O2S2. The van der Waals surface area contributed by atoms with Crippen LogP contribution in [0.2, 0.25) is 0 Å². The van der Waals surface area contributed by atoms with E-state index in [4.69, 9.17) is 12.2 Å². The molecule has 9 heteroatoms. The van der Waals surface area contributed by atoms with Gasteiger partial charge in [0.05, 0.1) is 16.3 Å². The molecule has 3 rings (SSSR count). The Hall–Kier alpha value is -3.04. The maximum Gasteiger partial charge on any atom is 0.261 e. The van der Waals surface area contributed by atoms with E-state index in [-0.39, 0.29) is 15.7 Å². The van der Waals surface area contributed by atoms with Crippen molar-refractivity contribution in [1.82, 2.24) is 0 Å². The fourth-order valence-electron chi connectivity index (χ4n) is 2.48. The van der Waals surface area contributed by atoms with Gasteiger partial charge >= 0.3 is 0 Å². The summed E-state index contributed by atoms with van der Waals surface area (Å²) in [5.41, 5.74) is 1.82. The van der Waals surface area contributed by atoms with Gasteiger partial charge < -0.3 is 10.6 Å². The number of halogens is 2. The first kappa shape index (κ1) is 20.7. The average molecular weight is 434 g/mol. The number of nitrogens with one attached hydrogen (secondary N) is 3. The van der Waals surface area contributed by atoms with Crippen molar-refractivity contribution in [3.05, 3.63) is 83.9 Å². The van der Waals surface area contributed by atoms with Gasteiger partial charge in [0.1, 0.15) is 11.6 Å². The number of para-hydroxylation sites is 1. The summed E-state index contributed by atoms with van der Waals surface area (Å²) in [5.74, 6) is -1.47. The number of rotatable bonds is 5. The predicted molar refractivity (Wildman–Crippen MR) is 115 cm³/mol. The molecule has 0 saturated heterocycles. The fourth-order valence-corrected chi connectivity index (χ4v) is 3.84. The van der Waals surface area contributed by atoms with E-state index < -0.39 is 21.7 Å². The number of anilines is 3. The van der Waals surface area contributed by atoms with Crippen molar-refractivity contribution in [2.75, 3.05) is 15.4 Å². The molecule has 0 amide bonds. The molecular weight excluding hydrogens is 416 g/mol. The smallest absolute Gasteiger partial charge is 0.261 e. The Morgan fingerprint density at radius 2 is 1.59 bits per heavy atom. The number of hydrogen-bond donors (Lipinski definition) is 3. The van der Waals surface area contributed by atoms with E-state index in [9.17, 15) is 17.2 Å². The van der Waals surface area contributed by atoms with Gasteiger partial charge in [0.2, 0.25) is 0 Å². The minimum Gasteiger partial charge on any atom is -0.332 e. The highest BCUT2D eigenvalue weighted by molar-refractivity contribution is 7.92. The Kier molecular flexibility index (Phi) is 6.09. The van der Waals surface area contributed by atoms with Gasteiger partial charge in [-0.15, -0.1) is 0 Å². The molecule has 0 radical (unpaired) electrons. The van der Waals surface area contributed by atoms with Crippen molar-refractivity contribution < 1.29 is 17.2 Å². The molecule has 0 aliphatic heterocycles. The molecule has 0 unspecified atom stereocenters. The number of sulfonamides is 1. The predicted octanol–water partition coefficient (Wildman–Crippen LogP) is 4.88. The van der Waals surface area contributed by atoms with Crippen LogP contribution < -0.4 is 15.4 Å². The lowest BCUT2D eigenvalue weighted by atomic mass is 10.2. The van der Waals surface area contributed by atoms with Crippen molar-refractivity contribution in [3.63, 3.8) is 0 Å². The third-order valence-corrected chi connectivity index (χ3v) is 5.58. The van der Waals surface area contributed by atoms with Crippen LogP contribution in [0, 0.1) is 18.6 Å². The van der Waals surface area contributed by atoms with Crippen LogP contribution >= 0.6 is 12.2 Å². The van der Waals surface area contributed by atoms with E-state index in [1.807, 2.05) is 19.1 Å². The van der Waals surface area contributed by atoms with Gasteiger partial charge in [-0.25, -0.2) is 17.2 Å². The van der Waals surface area contributed by atoms with Gasteiger partial charge in [-0.2, -0.15) is 0 Å². The molecule has 3 N–H and O–H groups in total. The van der Waals surface area contributed by atoms with Crippen LogP contribution in [-0.4, -0.2) is 13.5 Å². The van der Waals surface area contributed by atoms with Crippen LogP contribution in [-0.2, 0) is 10.0 Å². The molecule has 0 heterocycles. The molecule has 0 atom stereocenters. The summed E-state index contributed by atoms with van der Waals surface area (Å²) in [6.45, 7) is 1.81. The second kappa shape index (κ2) is 8.54. The molecule has 0 spiro atoms. The second-order valence-corrected chi connectivity index (χ2v) is 8.24. The first-order valence-electron chi connectivity index (χ1n) is 8.46. The maximum atomic E-state index is 13.7. The van der Waals surface area contributed by atoms with E-state index in [2.05, 4.69) is 15.4 Å². The largest absolute Gasteiger partial charge is 0.332 e. The Morgan fingerprint density at radius 1 is 0.897 bits per heavy atom. The SMILES string of the molecule is Cc1ccccc1NS(=O)(=O)c1ccc(NC(=S)Nc2ccc(F)cc2F)cc1. The van der Waals surface area contributed by atoms with Gasteiger partial charge in [0.15, 0.2) is 5.11 Å². The summed E-state index contributed by atoms with van der Waals surface area (Å²) in [4.78, 5) is 0.0785. The van der Waals surface area contributed by atoms with Crippen LogP contribution in [0.1, 0.15) is 5.56 Å². The molecule has 0 saturated carbocycles. The van der Waals surface area contributed by atoms with Crippen molar-refractivity contribution in [2.45, 2.75) is 11.8 Å². The monoisotopic (exact) mass is 433 g/mol. The summed E-state index contributed by atoms with van der Waals surface area (Å²) >= 11 is 5.10. The first-order chi connectivity index (χ1) is 13.7. The zero-order chi connectivity index (χ0) is 21.0. The summed E-state index contributed by atoms with van der Waals surface area (Å²) in [6.07, 6.45) is 0. The normalized spacial score (nSPS) is 11.0. The molecule has 0 bridgehead atoms. The Morgan fingerprint density at radius 3 is 2.24 bits per heavy atom. The van der Waals surface area contributed by atoms with Crippen LogP contribution in [0.4, 0.5) is 25.8 Å². The maximum absolute atomic E-state index is 13.7. The van der Waals surface area contributed by atoms with E-state index >= 15 is 0 Å². The molecule has 0 fully saturated rings. The number of benzene rings is 3. The van der Waals surface area contributed by atoms with Crippen LogP contribution in [0.5, 0.6) is 0 Å². The number of aryl methyl sites for hydroxylation is 1. The van der Waals surface area contributed by atoms with Gasteiger partial charge in [0.25, 0.3) is 10.0 Å². The van der Waals surface area contributed by atoms with Crippen LogP contribution in [0.15, 0.2) is 71.6 Å². The third-order valence-electron chi connectivity index (χ3n) is 3.99. The molecule has 29 heavy (non-hydrogen) atoms. The highest BCUT2D eigenvalue weighted by atomic mass is 32.2. The Balaban J connectivity index is 1.68. The van der Waals surface area contributed by atoms with E-state index in [1.54, 1.807) is 12.1 Å². The van der Waals surface area contributed by atoms with Crippen molar-refractivity contribution in [3.8, 4) is 0 Å². The highest BCUT2D eigenvalue weighted by Gasteiger charge is 2.15. The first-order valence-corrected chi connectivity index (χ1v) is 10.4. The summed E-state index contributed by atoms with van der Waals surface area (Å²) in [5, 5.41) is 5.51. The van der Waals surface area contributed by atoms with E-state index in [1.165, 1.54) is 30.3 Å². The lowest BCUT2D eigenvalue weighted by Crippen LogP contribution is -2.20. The minimum absolute atomic E-state index is 0.0190. The van der Waals surface area contributed by atoms with Crippen LogP contribution in [0.3, 0.4) is 0 Å². The molecule has 0 aromatic heterocycles. The van der Waals surface area contributed by atoms with Gasteiger partial charge in [-0.1, -0.05) is 18.2 Å². The summed E-state index contributed by atoms with van der Waals surface area (Å²) in [6, 6.07) is 16.0. The second-order valence-electron chi connectivity index (χ2n) is 6.15. The van der Waals surface area contributed by atoms with Crippen LogP contribution in [0.25, 0.3) is 0 Å². The minimum atomic E-state index is -3.75. The van der Waals surface area contributed by atoms with E-state index in [0.29, 0.717) is 11.4 Å². The topological polar surface area (TPSA) is 70.2 Å². The lowest BCUT2D eigenvalue weighted by Gasteiger charge is -2.13. The zero-order valence-electron chi connectivity index (χ0n) is 15.2. The molecule has 0 aliphatic rings. The van der Waals surface area contributed by atoms with E-state index in [0.717, 1.165) is 17.7 Å². The quantitative estimate of drug-likeness (QED) is 0.500. The Labute approximate surface area is 172 Å². The molecule has 3 aromatic carbocycles.